The summed E-state index contributed by atoms with van der Waals surface area (Å²) in [6.07, 6.45) is 0. The van der Waals surface area contributed by atoms with Crippen LogP contribution in [-0.2, 0) is 6.61 Å². The van der Waals surface area contributed by atoms with E-state index in [2.05, 4.69) is 26.1 Å². The number of furan rings is 1. The summed E-state index contributed by atoms with van der Waals surface area (Å²) in [5, 5.41) is 7.86. The van der Waals surface area contributed by atoms with E-state index in [1.54, 1.807) is 19.2 Å². The summed E-state index contributed by atoms with van der Waals surface area (Å²) in [4.78, 5) is 0. The maximum atomic E-state index is 5.66. The van der Waals surface area contributed by atoms with Gasteiger partial charge in [0.15, 0.2) is 28.5 Å². The lowest BCUT2D eigenvalue weighted by Gasteiger charge is -2.09. The predicted octanol–water partition coefficient (Wildman–Crippen LogP) is 3.99. The first-order valence-corrected chi connectivity index (χ1v) is 7.30. The van der Waals surface area contributed by atoms with Crippen molar-refractivity contribution >= 4 is 15.9 Å². The predicted molar refractivity (Wildman–Crippen MR) is 81.8 cm³/mol. The van der Waals surface area contributed by atoms with Crippen LogP contribution in [0.4, 0.5) is 0 Å². The fourth-order valence-electron chi connectivity index (χ4n) is 1.87. The monoisotopic (exact) mass is 364 g/mol. The van der Waals surface area contributed by atoms with Crippen molar-refractivity contribution in [1.29, 1.82) is 0 Å². The average Bonchev–Trinajstić information content (AvgIpc) is 3.14. The molecule has 2 aromatic heterocycles. The number of aromatic nitrogens is 2. The molecule has 3 aromatic rings. The average molecular weight is 365 g/mol. The highest BCUT2D eigenvalue weighted by molar-refractivity contribution is 9.10. The van der Waals surface area contributed by atoms with Crippen molar-refractivity contribution in [3.8, 4) is 23.1 Å². The van der Waals surface area contributed by atoms with Crippen molar-refractivity contribution in [2.75, 3.05) is 7.11 Å². The molecule has 7 heteroatoms. The summed E-state index contributed by atoms with van der Waals surface area (Å²) < 4.78 is 22.4. The van der Waals surface area contributed by atoms with Crippen molar-refractivity contribution in [3.05, 3.63) is 46.5 Å². The molecular formula is C15H13BrN2O4. The van der Waals surface area contributed by atoms with E-state index >= 15 is 0 Å². The zero-order valence-electron chi connectivity index (χ0n) is 12.0. The molecular weight excluding hydrogens is 352 g/mol. The molecule has 3 rings (SSSR count). The second-order valence-corrected chi connectivity index (χ2v) is 5.33. The number of hydrogen-bond acceptors (Lipinski definition) is 6. The highest BCUT2D eigenvalue weighted by atomic mass is 79.9. The summed E-state index contributed by atoms with van der Waals surface area (Å²) >= 11 is 3.22. The lowest BCUT2D eigenvalue weighted by atomic mass is 10.2. The molecule has 1 aromatic carbocycles. The molecule has 0 saturated carbocycles. The number of aryl methyl sites for hydroxylation is 1. The van der Waals surface area contributed by atoms with Gasteiger partial charge in [0, 0.05) is 0 Å². The minimum atomic E-state index is 0.147. The van der Waals surface area contributed by atoms with E-state index < -0.39 is 0 Å². The first-order valence-electron chi connectivity index (χ1n) is 6.51. The summed E-state index contributed by atoms with van der Waals surface area (Å²) in [5.74, 6) is 2.44. The number of rotatable bonds is 5. The summed E-state index contributed by atoms with van der Waals surface area (Å²) in [6.45, 7) is 2.13. The van der Waals surface area contributed by atoms with Crippen molar-refractivity contribution in [1.82, 2.24) is 10.2 Å². The Morgan fingerprint density at radius 2 is 1.95 bits per heavy atom. The quantitative estimate of drug-likeness (QED) is 0.681. The van der Waals surface area contributed by atoms with E-state index in [1.807, 2.05) is 25.1 Å². The smallest absolute Gasteiger partial charge is 0.283 e. The number of hydrogen-bond donors (Lipinski definition) is 0. The van der Waals surface area contributed by atoms with Gasteiger partial charge in [-0.25, -0.2) is 0 Å². The van der Waals surface area contributed by atoms with Gasteiger partial charge in [0.25, 0.3) is 11.8 Å². The van der Waals surface area contributed by atoms with Crippen LogP contribution in [0, 0.1) is 6.92 Å². The van der Waals surface area contributed by atoms with E-state index in [-0.39, 0.29) is 6.61 Å². The number of nitrogens with zero attached hydrogens (tertiary/aromatic N) is 2. The molecule has 0 unspecified atom stereocenters. The van der Waals surface area contributed by atoms with Gasteiger partial charge in [0.2, 0.25) is 0 Å². The highest BCUT2D eigenvalue weighted by Crippen LogP contribution is 2.29. The van der Waals surface area contributed by atoms with E-state index in [0.29, 0.717) is 33.7 Å². The molecule has 0 saturated heterocycles. The molecule has 6 nitrogen and oxygen atoms in total. The van der Waals surface area contributed by atoms with Crippen LogP contribution in [0.25, 0.3) is 11.7 Å². The Labute approximate surface area is 135 Å². The fraction of sp³-hybridized carbons (Fsp3) is 0.200. The molecule has 0 amide bonds. The molecule has 0 radical (unpaired) electrons. The second kappa shape index (κ2) is 6.23. The lowest BCUT2D eigenvalue weighted by Crippen LogP contribution is -1.98. The Morgan fingerprint density at radius 1 is 1.09 bits per heavy atom. The van der Waals surface area contributed by atoms with Gasteiger partial charge in [-0.15, -0.1) is 10.2 Å². The van der Waals surface area contributed by atoms with Gasteiger partial charge in [0.05, 0.1) is 7.11 Å². The van der Waals surface area contributed by atoms with E-state index in [9.17, 15) is 0 Å². The van der Waals surface area contributed by atoms with Crippen LogP contribution in [0.3, 0.4) is 0 Å². The maximum Gasteiger partial charge on any atom is 0.283 e. The molecule has 0 N–H and O–H groups in total. The van der Waals surface area contributed by atoms with Crippen LogP contribution >= 0.6 is 15.9 Å². The Balaban J connectivity index is 1.71. The number of benzene rings is 1. The third-order valence-corrected chi connectivity index (χ3v) is 3.35. The van der Waals surface area contributed by atoms with Crippen molar-refractivity contribution in [2.24, 2.45) is 0 Å². The largest absolute Gasteiger partial charge is 0.493 e. The number of halogens is 1. The first-order chi connectivity index (χ1) is 10.7. The first kappa shape index (κ1) is 14.6. The van der Waals surface area contributed by atoms with Crippen LogP contribution in [0.15, 0.2) is 43.8 Å². The molecule has 0 aliphatic carbocycles. The van der Waals surface area contributed by atoms with Crippen molar-refractivity contribution < 1.29 is 18.3 Å². The summed E-state index contributed by atoms with van der Waals surface area (Å²) in [5.41, 5.74) is 1.09. The van der Waals surface area contributed by atoms with Gasteiger partial charge in [-0.05, 0) is 52.7 Å². The van der Waals surface area contributed by atoms with Crippen LogP contribution in [0.2, 0.25) is 0 Å². The van der Waals surface area contributed by atoms with Crippen LogP contribution in [0.5, 0.6) is 11.5 Å². The standard InChI is InChI=1S/C15H13BrN2O4/c1-9-3-4-10(12(7-9)19-2)20-8-14-17-18-15(22-14)11-5-6-13(16)21-11/h3-7H,8H2,1-2H3. The van der Waals surface area contributed by atoms with Gasteiger partial charge in [-0.3, -0.25) is 0 Å². The molecule has 114 valence electrons. The summed E-state index contributed by atoms with van der Waals surface area (Å²) in [6, 6.07) is 9.18. The Hall–Kier alpha value is -2.28. The van der Waals surface area contributed by atoms with Gasteiger partial charge >= 0.3 is 0 Å². The third kappa shape index (κ3) is 3.14. The van der Waals surface area contributed by atoms with Crippen LogP contribution in [-0.4, -0.2) is 17.3 Å². The number of ether oxygens (including phenoxy) is 2. The minimum Gasteiger partial charge on any atom is -0.493 e. The molecule has 2 heterocycles. The van der Waals surface area contributed by atoms with Crippen LogP contribution in [0.1, 0.15) is 11.5 Å². The zero-order valence-corrected chi connectivity index (χ0v) is 13.6. The fourth-order valence-corrected chi connectivity index (χ4v) is 2.18. The van der Waals surface area contributed by atoms with Gasteiger partial charge < -0.3 is 18.3 Å². The molecule has 0 fully saturated rings. The Kier molecular flexibility index (Phi) is 4.15. The Morgan fingerprint density at radius 3 is 2.68 bits per heavy atom. The SMILES string of the molecule is COc1cc(C)ccc1OCc1nnc(-c2ccc(Br)o2)o1. The normalized spacial score (nSPS) is 10.7. The van der Waals surface area contributed by atoms with Gasteiger partial charge in [-0.1, -0.05) is 6.07 Å². The van der Waals surface area contributed by atoms with Gasteiger partial charge in [-0.2, -0.15) is 0 Å². The van der Waals surface area contributed by atoms with Crippen LogP contribution < -0.4 is 9.47 Å². The molecule has 0 bridgehead atoms. The van der Waals surface area contributed by atoms with Gasteiger partial charge in [0.1, 0.15) is 0 Å². The number of methoxy groups -OCH3 is 1. The van der Waals surface area contributed by atoms with E-state index in [1.165, 1.54) is 0 Å². The minimum absolute atomic E-state index is 0.147. The third-order valence-electron chi connectivity index (χ3n) is 2.92. The molecule has 0 aliphatic rings. The van der Waals surface area contributed by atoms with E-state index in [4.69, 9.17) is 18.3 Å². The second-order valence-electron chi connectivity index (χ2n) is 4.55. The van der Waals surface area contributed by atoms with Crippen molar-refractivity contribution in [3.63, 3.8) is 0 Å². The summed E-state index contributed by atoms with van der Waals surface area (Å²) in [7, 11) is 1.60. The molecule has 22 heavy (non-hydrogen) atoms. The topological polar surface area (TPSA) is 70.5 Å². The van der Waals surface area contributed by atoms with Crippen molar-refractivity contribution in [2.45, 2.75) is 13.5 Å². The zero-order chi connectivity index (χ0) is 15.5. The molecule has 0 aliphatic heterocycles. The highest BCUT2D eigenvalue weighted by Gasteiger charge is 2.13. The van der Waals surface area contributed by atoms with E-state index in [0.717, 1.165) is 5.56 Å². The maximum absolute atomic E-state index is 5.66. The Bertz CT molecular complexity index is 781. The lowest BCUT2D eigenvalue weighted by molar-refractivity contribution is 0.250. The molecule has 0 atom stereocenters. The molecule has 0 spiro atoms.